The van der Waals surface area contributed by atoms with Crippen LogP contribution in [0.2, 0.25) is 5.02 Å². The van der Waals surface area contributed by atoms with Crippen LogP contribution in [0.5, 0.6) is 0 Å². The first-order chi connectivity index (χ1) is 8.08. The van der Waals surface area contributed by atoms with Crippen molar-refractivity contribution < 1.29 is 0 Å². The Morgan fingerprint density at radius 1 is 1.24 bits per heavy atom. The third-order valence-corrected chi connectivity index (χ3v) is 4.27. The van der Waals surface area contributed by atoms with E-state index < -0.39 is 0 Å². The molecule has 0 aromatic heterocycles. The highest BCUT2D eigenvalue weighted by Gasteiger charge is 2.30. The first-order valence-corrected chi connectivity index (χ1v) is 6.89. The summed E-state index contributed by atoms with van der Waals surface area (Å²) in [5, 5.41) is 0.836. The van der Waals surface area contributed by atoms with Gasteiger partial charge < -0.3 is 4.90 Å². The van der Waals surface area contributed by atoms with Crippen molar-refractivity contribution in [2.75, 3.05) is 20.1 Å². The standard InChI is InChI=1S/C15H22ClN/c1-11(2)15-10-17(3)9-8-14(15)12-4-6-13(16)7-5-12/h4-7,11,14-15H,8-10H2,1-3H3/t14-,15?/m0/s1. The number of hydrogen-bond acceptors (Lipinski definition) is 1. The van der Waals surface area contributed by atoms with Gasteiger partial charge in [0.05, 0.1) is 0 Å². The fourth-order valence-electron chi connectivity index (χ4n) is 2.95. The second-order valence-corrected chi connectivity index (χ2v) is 6.05. The molecule has 1 aromatic rings. The molecule has 2 heteroatoms. The number of hydrogen-bond donors (Lipinski definition) is 0. The van der Waals surface area contributed by atoms with Crippen LogP contribution >= 0.6 is 11.6 Å². The molecule has 0 radical (unpaired) electrons. The fourth-order valence-corrected chi connectivity index (χ4v) is 3.08. The van der Waals surface area contributed by atoms with Gasteiger partial charge in [-0.05, 0) is 55.5 Å². The van der Waals surface area contributed by atoms with Gasteiger partial charge in [0.1, 0.15) is 0 Å². The monoisotopic (exact) mass is 251 g/mol. The Labute approximate surface area is 110 Å². The molecule has 1 aromatic carbocycles. The van der Waals surface area contributed by atoms with Gasteiger partial charge in [0.15, 0.2) is 0 Å². The summed E-state index contributed by atoms with van der Waals surface area (Å²) in [5.41, 5.74) is 1.46. The molecule has 17 heavy (non-hydrogen) atoms. The highest BCUT2D eigenvalue weighted by atomic mass is 35.5. The lowest BCUT2D eigenvalue weighted by atomic mass is 9.75. The molecule has 1 fully saturated rings. The van der Waals surface area contributed by atoms with Crippen LogP contribution in [0.15, 0.2) is 24.3 Å². The van der Waals surface area contributed by atoms with E-state index in [1.165, 1.54) is 25.1 Å². The molecule has 1 unspecified atom stereocenters. The zero-order valence-electron chi connectivity index (χ0n) is 11.0. The van der Waals surface area contributed by atoms with Crippen molar-refractivity contribution >= 4 is 11.6 Å². The second-order valence-electron chi connectivity index (χ2n) is 5.62. The number of nitrogens with zero attached hydrogens (tertiary/aromatic N) is 1. The quantitative estimate of drug-likeness (QED) is 0.767. The Morgan fingerprint density at radius 2 is 1.88 bits per heavy atom. The molecule has 0 amide bonds. The Balaban J connectivity index is 2.20. The summed E-state index contributed by atoms with van der Waals surface area (Å²) in [5.74, 6) is 2.19. The predicted octanol–water partition coefficient (Wildman–Crippen LogP) is 4.03. The molecule has 94 valence electrons. The molecule has 1 heterocycles. The summed E-state index contributed by atoms with van der Waals surface area (Å²) in [6, 6.07) is 8.45. The van der Waals surface area contributed by atoms with E-state index in [-0.39, 0.29) is 0 Å². The van der Waals surface area contributed by atoms with E-state index in [0.29, 0.717) is 5.92 Å². The van der Waals surface area contributed by atoms with E-state index in [9.17, 15) is 0 Å². The average molecular weight is 252 g/mol. The molecule has 0 bridgehead atoms. The molecule has 0 spiro atoms. The van der Waals surface area contributed by atoms with Crippen LogP contribution in [0.3, 0.4) is 0 Å². The van der Waals surface area contributed by atoms with Crippen molar-refractivity contribution in [1.82, 2.24) is 4.90 Å². The zero-order chi connectivity index (χ0) is 12.4. The minimum atomic E-state index is 0.698. The van der Waals surface area contributed by atoms with Crippen LogP contribution in [-0.4, -0.2) is 25.0 Å². The van der Waals surface area contributed by atoms with Gasteiger partial charge in [-0.3, -0.25) is 0 Å². The van der Waals surface area contributed by atoms with Crippen LogP contribution in [0.4, 0.5) is 0 Å². The second kappa shape index (κ2) is 5.41. The van der Waals surface area contributed by atoms with E-state index in [2.05, 4.69) is 37.9 Å². The summed E-state index contributed by atoms with van der Waals surface area (Å²) >= 11 is 5.96. The lowest BCUT2D eigenvalue weighted by Gasteiger charge is -2.39. The van der Waals surface area contributed by atoms with Crippen molar-refractivity contribution in [3.8, 4) is 0 Å². The van der Waals surface area contributed by atoms with Crippen LogP contribution < -0.4 is 0 Å². The van der Waals surface area contributed by atoms with Gasteiger partial charge in [0, 0.05) is 11.6 Å². The van der Waals surface area contributed by atoms with Gasteiger partial charge >= 0.3 is 0 Å². The lowest BCUT2D eigenvalue weighted by molar-refractivity contribution is 0.147. The highest BCUT2D eigenvalue weighted by molar-refractivity contribution is 6.30. The summed E-state index contributed by atoms with van der Waals surface area (Å²) in [7, 11) is 2.23. The Morgan fingerprint density at radius 3 is 2.47 bits per heavy atom. The normalized spacial score (nSPS) is 26.4. The number of likely N-dealkylation sites (tertiary alicyclic amines) is 1. The molecule has 0 N–H and O–H groups in total. The number of halogens is 1. The van der Waals surface area contributed by atoms with Crippen molar-refractivity contribution in [3.05, 3.63) is 34.9 Å². The van der Waals surface area contributed by atoms with Crippen LogP contribution in [0, 0.1) is 11.8 Å². The van der Waals surface area contributed by atoms with E-state index in [0.717, 1.165) is 16.9 Å². The summed E-state index contributed by atoms with van der Waals surface area (Å²) in [6.45, 7) is 7.10. The molecule has 1 aliphatic rings. The molecule has 2 rings (SSSR count). The third-order valence-electron chi connectivity index (χ3n) is 4.02. The van der Waals surface area contributed by atoms with Crippen molar-refractivity contribution in [2.24, 2.45) is 11.8 Å². The van der Waals surface area contributed by atoms with Crippen molar-refractivity contribution in [3.63, 3.8) is 0 Å². The van der Waals surface area contributed by atoms with Crippen LogP contribution in [-0.2, 0) is 0 Å². The summed E-state index contributed by atoms with van der Waals surface area (Å²) in [4.78, 5) is 2.46. The maximum atomic E-state index is 5.96. The first-order valence-electron chi connectivity index (χ1n) is 6.52. The molecule has 2 atom stereocenters. The minimum absolute atomic E-state index is 0.698. The van der Waals surface area contributed by atoms with Gasteiger partial charge in [0.25, 0.3) is 0 Å². The van der Waals surface area contributed by atoms with E-state index in [1.807, 2.05) is 12.1 Å². The molecule has 1 saturated heterocycles. The average Bonchev–Trinajstić information content (AvgIpc) is 2.30. The molecule has 1 nitrogen and oxygen atoms in total. The van der Waals surface area contributed by atoms with Crippen molar-refractivity contribution in [1.29, 1.82) is 0 Å². The molecular weight excluding hydrogens is 230 g/mol. The van der Waals surface area contributed by atoms with Crippen LogP contribution in [0.25, 0.3) is 0 Å². The highest BCUT2D eigenvalue weighted by Crippen LogP contribution is 2.37. The van der Waals surface area contributed by atoms with Crippen molar-refractivity contribution in [2.45, 2.75) is 26.2 Å². The van der Waals surface area contributed by atoms with Gasteiger partial charge in [-0.25, -0.2) is 0 Å². The number of rotatable bonds is 2. The van der Waals surface area contributed by atoms with Gasteiger partial charge in [-0.2, -0.15) is 0 Å². The Bertz CT molecular complexity index is 358. The van der Waals surface area contributed by atoms with E-state index in [1.54, 1.807) is 0 Å². The van der Waals surface area contributed by atoms with Crippen LogP contribution in [0.1, 0.15) is 31.7 Å². The van der Waals surface area contributed by atoms with Gasteiger partial charge in [0.2, 0.25) is 0 Å². The molecule has 1 aliphatic heterocycles. The topological polar surface area (TPSA) is 3.24 Å². The maximum absolute atomic E-state index is 5.96. The van der Waals surface area contributed by atoms with Gasteiger partial charge in [-0.15, -0.1) is 0 Å². The molecule has 0 saturated carbocycles. The molecular formula is C15H22ClN. The smallest absolute Gasteiger partial charge is 0.0406 e. The number of piperidine rings is 1. The van der Waals surface area contributed by atoms with E-state index in [4.69, 9.17) is 11.6 Å². The summed E-state index contributed by atoms with van der Waals surface area (Å²) in [6.07, 6.45) is 1.26. The fraction of sp³-hybridized carbons (Fsp3) is 0.600. The largest absolute Gasteiger partial charge is 0.306 e. The maximum Gasteiger partial charge on any atom is 0.0406 e. The summed E-state index contributed by atoms with van der Waals surface area (Å²) < 4.78 is 0. The predicted molar refractivity (Wildman–Crippen MR) is 74.6 cm³/mol. The lowest BCUT2D eigenvalue weighted by Crippen LogP contribution is -2.39. The first kappa shape index (κ1) is 12.9. The Kier molecular flexibility index (Phi) is 4.11. The zero-order valence-corrected chi connectivity index (χ0v) is 11.7. The Hall–Kier alpha value is -0.530. The third kappa shape index (κ3) is 3.02. The van der Waals surface area contributed by atoms with E-state index >= 15 is 0 Å². The number of benzene rings is 1. The minimum Gasteiger partial charge on any atom is -0.306 e. The molecule has 0 aliphatic carbocycles. The van der Waals surface area contributed by atoms with Gasteiger partial charge in [-0.1, -0.05) is 37.6 Å². The SMILES string of the molecule is CC(C)C1CN(C)CC[C@H]1c1ccc(Cl)cc1.